The quantitative estimate of drug-likeness (QED) is 0.411. The second-order valence-corrected chi connectivity index (χ2v) is 7.20. The molecule has 0 aliphatic rings. The molecule has 0 heterocycles. The Morgan fingerprint density at radius 2 is 1.59 bits per heavy atom. The fourth-order valence-corrected chi connectivity index (χ4v) is 2.35. The highest BCUT2D eigenvalue weighted by Gasteiger charge is 2.18. The van der Waals surface area contributed by atoms with Crippen LogP contribution in [0.1, 0.15) is 86.0 Å². The first-order chi connectivity index (χ1) is 10.2. The number of hydrogen-bond donors (Lipinski definition) is 0. The van der Waals surface area contributed by atoms with Crippen LogP contribution in [0, 0.1) is 5.41 Å². The van der Waals surface area contributed by atoms with Crippen molar-refractivity contribution in [2.45, 2.75) is 92.1 Å². The molecule has 0 aliphatic heterocycles. The summed E-state index contributed by atoms with van der Waals surface area (Å²) in [7, 11) is 0. The largest absolute Gasteiger partial charge is 0.466 e. The average Bonchev–Trinajstić information content (AvgIpc) is 2.36. The lowest BCUT2D eigenvalue weighted by atomic mass is 9.90. The van der Waals surface area contributed by atoms with Crippen LogP contribution in [0.3, 0.4) is 0 Å². The second-order valence-electron chi connectivity index (χ2n) is 7.20. The first-order valence-electron chi connectivity index (χ1n) is 8.59. The van der Waals surface area contributed by atoms with Crippen LogP contribution in [0.4, 0.5) is 0 Å². The van der Waals surface area contributed by atoms with Gasteiger partial charge in [0.25, 0.3) is 0 Å². The van der Waals surface area contributed by atoms with Crippen LogP contribution >= 0.6 is 0 Å². The molecule has 4 nitrogen and oxygen atoms in total. The van der Waals surface area contributed by atoms with Crippen molar-refractivity contribution in [2.24, 2.45) is 5.41 Å². The topological polar surface area (TPSA) is 52.6 Å². The molecule has 0 aromatic heterocycles. The summed E-state index contributed by atoms with van der Waals surface area (Å²) in [6.07, 6.45) is 6.18. The molecule has 0 saturated carbocycles. The van der Waals surface area contributed by atoms with Gasteiger partial charge in [-0.1, -0.05) is 47.0 Å². The standard InChI is InChI=1S/C18H34O4/c1-6-7-8-9-13-21-16(19)11-10-12-17(20)22-15(2)14-18(3,4)5/h15H,6-14H2,1-5H3. The summed E-state index contributed by atoms with van der Waals surface area (Å²) < 4.78 is 10.5. The molecule has 0 rings (SSSR count). The summed E-state index contributed by atoms with van der Waals surface area (Å²) in [5.41, 5.74) is 0.140. The van der Waals surface area contributed by atoms with E-state index in [0.717, 1.165) is 19.3 Å². The Kier molecular flexibility index (Phi) is 10.9. The van der Waals surface area contributed by atoms with Crippen molar-refractivity contribution in [1.29, 1.82) is 0 Å². The van der Waals surface area contributed by atoms with Gasteiger partial charge in [0.1, 0.15) is 0 Å². The zero-order valence-electron chi connectivity index (χ0n) is 15.1. The second kappa shape index (κ2) is 11.5. The van der Waals surface area contributed by atoms with Crippen molar-refractivity contribution in [2.75, 3.05) is 6.61 Å². The monoisotopic (exact) mass is 314 g/mol. The first kappa shape index (κ1) is 20.9. The average molecular weight is 314 g/mol. The van der Waals surface area contributed by atoms with Crippen molar-refractivity contribution in [3.05, 3.63) is 0 Å². The van der Waals surface area contributed by atoms with Gasteiger partial charge < -0.3 is 9.47 Å². The maximum atomic E-state index is 11.7. The molecule has 0 saturated heterocycles. The number of carbonyl (C=O) groups is 2. The third kappa shape index (κ3) is 13.9. The Labute approximate surface area is 135 Å². The lowest BCUT2D eigenvalue weighted by molar-refractivity contribution is -0.149. The Balaban J connectivity index is 3.64. The van der Waals surface area contributed by atoms with E-state index in [4.69, 9.17) is 9.47 Å². The highest BCUT2D eigenvalue weighted by Crippen LogP contribution is 2.22. The number of esters is 2. The third-order valence-electron chi connectivity index (χ3n) is 3.26. The molecule has 0 aromatic carbocycles. The molecule has 130 valence electrons. The highest BCUT2D eigenvalue weighted by atomic mass is 16.5. The van der Waals surface area contributed by atoms with Gasteiger partial charge in [-0.15, -0.1) is 0 Å². The van der Waals surface area contributed by atoms with Crippen LogP contribution in [0.2, 0.25) is 0 Å². The van der Waals surface area contributed by atoms with Crippen LogP contribution in [0.5, 0.6) is 0 Å². The van der Waals surface area contributed by atoms with E-state index in [1.54, 1.807) is 0 Å². The lowest BCUT2D eigenvalue weighted by Gasteiger charge is -2.23. The highest BCUT2D eigenvalue weighted by molar-refractivity contribution is 5.72. The molecule has 0 fully saturated rings. The van der Waals surface area contributed by atoms with E-state index in [9.17, 15) is 9.59 Å². The number of carbonyl (C=O) groups excluding carboxylic acids is 2. The Hall–Kier alpha value is -1.06. The fourth-order valence-electron chi connectivity index (χ4n) is 2.35. The van der Waals surface area contributed by atoms with E-state index in [-0.39, 0.29) is 36.3 Å². The van der Waals surface area contributed by atoms with Crippen LogP contribution in [-0.4, -0.2) is 24.6 Å². The molecule has 4 heteroatoms. The lowest BCUT2D eigenvalue weighted by Crippen LogP contribution is -2.21. The number of hydrogen-bond acceptors (Lipinski definition) is 4. The molecule has 0 N–H and O–H groups in total. The molecule has 0 radical (unpaired) electrons. The number of ether oxygens (including phenoxy) is 2. The van der Waals surface area contributed by atoms with Gasteiger partial charge in [-0.2, -0.15) is 0 Å². The van der Waals surface area contributed by atoms with Gasteiger partial charge in [-0.05, 0) is 31.6 Å². The van der Waals surface area contributed by atoms with Crippen molar-refractivity contribution < 1.29 is 19.1 Å². The van der Waals surface area contributed by atoms with E-state index in [0.29, 0.717) is 13.0 Å². The normalized spacial score (nSPS) is 12.8. The zero-order chi connectivity index (χ0) is 17.0. The van der Waals surface area contributed by atoms with E-state index in [1.807, 2.05) is 6.92 Å². The maximum absolute atomic E-state index is 11.7. The van der Waals surface area contributed by atoms with E-state index in [2.05, 4.69) is 27.7 Å². The molecule has 0 aromatic rings. The summed E-state index contributed by atoms with van der Waals surface area (Å²) in [5.74, 6) is -0.445. The Morgan fingerprint density at radius 3 is 2.18 bits per heavy atom. The van der Waals surface area contributed by atoms with Gasteiger partial charge in [-0.25, -0.2) is 0 Å². The predicted octanol–water partition coefficient (Wildman–Crippen LogP) is 4.65. The molecule has 1 unspecified atom stereocenters. The molecule has 0 bridgehead atoms. The fraction of sp³-hybridized carbons (Fsp3) is 0.889. The molecule has 0 spiro atoms. The Morgan fingerprint density at radius 1 is 0.955 bits per heavy atom. The van der Waals surface area contributed by atoms with Gasteiger partial charge >= 0.3 is 11.9 Å². The summed E-state index contributed by atoms with van der Waals surface area (Å²) in [6.45, 7) is 10.9. The minimum Gasteiger partial charge on any atom is -0.466 e. The van der Waals surface area contributed by atoms with Gasteiger partial charge in [0, 0.05) is 12.8 Å². The van der Waals surface area contributed by atoms with E-state index >= 15 is 0 Å². The maximum Gasteiger partial charge on any atom is 0.306 e. The van der Waals surface area contributed by atoms with Crippen LogP contribution in [-0.2, 0) is 19.1 Å². The predicted molar refractivity (Wildman–Crippen MR) is 88.6 cm³/mol. The van der Waals surface area contributed by atoms with Crippen molar-refractivity contribution >= 4 is 11.9 Å². The zero-order valence-corrected chi connectivity index (χ0v) is 15.1. The molecular weight excluding hydrogens is 280 g/mol. The minimum absolute atomic E-state index is 0.0852. The number of unbranched alkanes of at least 4 members (excludes halogenated alkanes) is 3. The Bertz CT molecular complexity index is 318. The van der Waals surface area contributed by atoms with Gasteiger partial charge in [-0.3, -0.25) is 9.59 Å². The van der Waals surface area contributed by atoms with Crippen molar-refractivity contribution in [3.8, 4) is 0 Å². The van der Waals surface area contributed by atoms with Gasteiger partial charge in [0.2, 0.25) is 0 Å². The van der Waals surface area contributed by atoms with E-state index < -0.39 is 0 Å². The summed E-state index contributed by atoms with van der Waals surface area (Å²) >= 11 is 0. The summed E-state index contributed by atoms with van der Waals surface area (Å²) in [5, 5.41) is 0. The molecule has 22 heavy (non-hydrogen) atoms. The van der Waals surface area contributed by atoms with Gasteiger partial charge in [0.15, 0.2) is 0 Å². The molecule has 1 atom stereocenters. The van der Waals surface area contributed by atoms with E-state index in [1.165, 1.54) is 12.8 Å². The SMILES string of the molecule is CCCCCCOC(=O)CCCC(=O)OC(C)CC(C)(C)C. The van der Waals surface area contributed by atoms with Crippen molar-refractivity contribution in [1.82, 2.24) is 0 Å². The smallest absolute Gasteiger partial charge is 0.306 e. The van der Waals surface area contributed by atoms with Crippen LogP contribution in [0.15, 0.2) is 0 Å². The molecular formula is C18H34O4. The van der Waals surface area contributed by atoms with Crippen molar-refractivity contribution in [3.63, 3.8) is 0 Å². The first-order valence-corrected chi connectivity index (χ1v) is 8.59. The molecule has 0 amide bonds. The summed E-state index contributed by atoms with van der Waals surface area (Å²) in [6, 6.07) is 0. The third-order valence-corrected chi connectivity index (χ3v) is 3.26. The van der Waals surface area contributed by atoms with Crippen LogP contribution in [0.25, 0.3) is 0 Å². The summed E-state index contributed by atoms with van der Waals surface area (Å²) in [4.78, 5) is 23.2. The van der Waals surface area contributed by atoms with Crippen LogP contribution < -0.4 is 0 Å². The van der Waals surface area contributed by atoms with Gasteiger partial charge in [0.05, 0.1) is 12.7 Å². The molecule has 0 aliphatic carbocycles. The minimum atomic E-state index is -0.229. The number of rotatable bonds is 11.